The Bertz CT molecular complexity index is 587. The SMILES string of the molecule is C[C@@H](N)C(=O)N1CCCN(S(=O)(=O)c2ccccc2)CC1. The molecule has 0 aromatic heterocycles. The van der Waals surface area contributed by atoms with E-state index in [1.165, 1.54) is 4.31 Å². The second kappa shape index (κ2) is 6.55. The Hall–Kier alpha value is -1.44. The molecule has 1 aliphatic rings. The number of benzene rings is 1. The van der Waals surface area contributed by atoms with Crippen molar-refractivity contribution in [3.05, 3.63) is 30.3 Å². The molecular weight excluding hydrogens is 290 g/mol. The smallest absolute Gasteiger partial charge is 0.243 e. The Morgan fingerprint density at radius 1 is 1.14 bits per heavy atom. The first-order chi connectivity index (χ1) is 9.93. The highest BCUT2D eigenvalue weighted by molar-refractivity contribution is 7.89. The highest BCUT2D eigenvalue weighted by Crippen LogP contribution is 2.17. The minimum atomic E-state index is -3.49. The predicted molar refractivity (Wildman–Crippen MR) is 80.0 cm³/mol. The molecule has 0 bridgehead atoms. The lowest BCUT2D eigenvalue weighted by atomic mass is 10.3. The van der Waals surface area contributed by atoms with Crippen LogP contribution >= 0.6 is 0 Å². The molecule has 1 saturated heterocycles. The molecule has 0 spiro atoms. The van der Waals surface area contributed by atoms with Crippen molar-refractivity contribution in [2.24, 2.45) is 5.73 Å². The van der Waals surface area contributed by atoms with Crippen LogP contribution in [0, 0.1) is 0 Å². The fraction of sp³-hybridized carbons (Fsp3) is 0.500. The van der Waals surface area contributed by atoms with E-state index in [1.54, 1.807) is 42.2 Å². The van der Waals surface area contributed by atoms with Gasteiger partial charge < -0.3 is 10.6 Å². The van der Waals surface area contributed by atoms with Gasteiger partial charge in [0.15, 0.2) is 0 Å². The zero-order chi connectivity index (χ0) is 15.5. The van der Waals surface area contributed by atoms with Crippen LogP contribution in [0.3, 0.4) is 0 Å². The van der Waals surface area contributed by atoms with Gasteiger partial charge in [0.05, 0.1) is 10.9 Å². The van der Waals surface area contributed by atoms with Gasteiger partial charge in [-0.2, -0.15) is 4.31 Å². The molecule has 1 atom stereocenters. The number of rotatable bonds is 3. The van der Waals surface area contributed by atoms with Crippen LogP contribution in [0.5, 0.6) is 0 Å². The monoisotopic (exact) mass is 311 g/mol. The first kappa shape index (κ1) is 15.9. The van der Waals surface area contributed by atoms with Gasteiger partial charge >= 0.3 is 0 Å². The average molecular weight is 311 g/mol. The van der Waals surface area contributed by atoms with Crippen molar-refractivity contribution in [1.82, 2.24) is 9.21 Å². The molecule has 1 aliphatic heterocycles. The number of hydrogen-bond donors (Lipinski definition) is 1. The Morgan fingerprint density at radius 3 is 2.43 bits per heavy atom. The van der Waals surface area contributed by atoms with Crippen LogP contribution in [0.4, 0.5) is 0 Å². The summed E-state index contributed by atoms with van der Waals surface area (Å²) in [6, 6.07) is 7.82. The van der Waals surface area contributed by atoms with Crippen molar-refractivity contribution in [3.63, 3.8) is 0 Å². The second-order valence-electron chi connectivity index (χ2n) is 5.18. The normalized spacial score (nSPS) is 19.0. The van der Waals surface area contributed by atoms with Crippen molar-refractivity contribution in [2.45, 2.75) is 24.3 Å². The van der Waals surface area contributed by atoms with Gasteiger partial charge in [0, 0.05) is 26.2 Å². The van der Waals surface area contributed by atoms with Gasteiger partial charge in [0.25, 0.3) is 0 Å². The van der Waals surface area contributed by atoms with Crippen molar-refractivity contribution in [3.8, 4) is 0 Å². The van der Waals surface area contributed by atoms with Crippen molar-refractivity contribution < 1.29 is 13.2 Å². The summed E-state index contributed by atoms with van der Waals surface area (Å²) in [5, 5.41) is 0. The molecule has 0 aliphatic carbocycles. The van der Waals surface area contributed by atoms with Gasteiger partial charge in [0.2, 0.25) is 15.9 Å². The lowest BCUT2D eigenvalue weighted by molar-refractivity contribution is -0.132. The van der Waals surface area contributed by atoms with E-state index < -0.39 is 16.1 Å². The summed E-state index contributed by atoms with van der Waals surface area (Å²) in [4.78, 5) is 13.8. The second-order valence-corrected chi connectivity index (χ2v) is 7.12. The zero-order valence-corrected chi connectivity index (χ0v) is 12.9. The Morgan fingerprint density at radius 2 is 1.81 bits per heavy atom. The van der Waals surface area contributed by atoms with E-state index in [1.807, 2.05) is 0 Å². The number of amides is 1. The van der Waals surface area contributed by atoms with Crippen LogP contribution in [-0.4, -0.2) is 55.8 Å². The molecule has 1 aromatic carbocycles. The third-order valence-corrected chi connectivity index (χ3v) is 5.45. The van der Waals surface area contributed by atoms with E-state index in [4.69, 9.17) is 5.73 Å². The molecule has 21 heavy (non-hydrogen) atoms. The molecule has 2 N–H and O–H groups in total. The van der Waals surface area contributed by atoms with Gasteiger partial charge in [-0.3, -0.25) is 4.79 Å². The van der Waals surface area contributed by atoms with Crippen LogP contribution in [0.25, 0.3) is 0 Å². The fourth-order valence-electron chi connectivity index (χ4n) is 2.38. The maximum absolute atomic E-state index is 12.5. The van der Waals surface area contributed by atoms with Crippen LogP contribution < -0.4 is 5.73 Å². The van der Waals surface area contributed by atoms with Crippen molar-refractivity contribution >= 4 is 15.9 Å². The molecule has 0 saturated carbocycles. The summed E-state index contributed by atoms with van der Waals surface area (Å²) in [5.74, 6) is -0.131. The van der Waals surface area contributed by atoms with Gasteiger partial charge in [-0.25, -0.2) is 8.42 Å². The minimum absolute atomic E-state index is 0.131. The summed E-state index contributed by atoms with van der Waals surface area (Å²) in [5.41, 5.74) is 5.61. The highest BCUT2D eigenvalue weighted by Gasteiger charge is 2.28. The lowest BCUT2D eigenvalue weighted by Crippen LogP contribution is -2.44. The third-order valence-electron chi connectivity index (χ3n) is 3.54. The number of carbonyl (C=O) groups is 1. The maximum atomic E-state index is 12.5. The van der Waals surface area contributed by atoms with E-state index in [0.29, 0.717) is 32.6 Å². The topological polar surface area (TPSA) is 83.7 Å². The lowest BCUT2D eigenvalue weighted by Gasteiger charge is -2.23. The van der Waals surface area contributed by atoms with Gasteiger partial charge in [-0.1, -0.05) is 18.2 Å². The number of nitrogens with two attached hydrogens (primary N) is 1. The molecular formula is C14H21N3O3S. The molecule has 116 valence electrons. The van der Waals surface area contributed by atoms with Crippen molar-refractivity contribution in [1.29, 1.82) is 0 Å². The summed E-state index contributed by atoms with van der Waals surface area (Å²) in [6.45, 7) is 3.29. The van der Waals surface area contributed by atoms with E-state index >= 15 is 0 Å². The Labute approximate surface area is 125 Å². The number of carbonyl (C=O) groups excluding carboxylic acids is 1. The molecule has 1 fully saturated rings. The van der Waals surface area contributed by atoms with E-state index in [2.05, 4.69) is 0 Å². The Balaban J connectivity index is 2.12. The van der Waals surface area contributed by atoms with Crippen LogP contribution in [-0.2, 0) is 14.8 Å². The molecule has 0 radical (unpaired) electrons. The molecule has 0 unspecified atom stereocenters. The summed E-state index contributed by atoms with van der Waals surface area (Å²) < 4.78 is 26.5. The molecule has 7 heteroatoms. The summed E-state index contributed by atoms with van der Waals surface area (Å²) >= 11 is 0. The Kier molecular flexibility index (Phi) is 4.97. The van der Waals surface area contributed by atoms with Crippen LogP contribution in [0.2, 0.25) is 0 Å². The van der Waals surface area contributed by atoms with Crippen LogP contribution in [0.1, 0.15) is 13.3 Å². The summed E-state index contributed by atoms with van der Waals surface area (Å²) in [7, 11) is -3.49. The zero-order valence-electron chi connectivity index (χ0n) is 12.1. The summed E-state index contributed by atoms with van der Waals surface area (Å²) in [6.07, 6.45) is 0.616. The van der Waals surface area contributed by atoms with E-state index in [0.717, 1.165) is 0 Å². The third kappa shape index (κ3) is 3.61. The van der Waals surface area contributed by atoms with Gasteiger partial charge in [-0.05, 0) is 25.5 Å². The molecule has 2 rings (SSSR count). The van der Waals surface area contributed by atoms with E-state index in [9.17, 15) is 13.2 Å². The first-order valence-electron chi connectivity index (χ1n) is 7.02. The average Bonchev–Trinajstić information content (AvgIpc) is 2.73. The standard InChI is InChI=1S/C14H21N3O3S/c1-12(15)14(18)16-8-5-9-17(11-10-16)21(19,20)13-6-3-2-4-7-13/h2-4,6-7,12H,5,8-11,15H2,1H3/t12-/m1/s1. The van der Waals surface area contributed by atoms with Crippen molar-refractivity contribution in [2.75, 3.05) is 26.2 Å². The van der Waals surface area contributed by atoms with Gasteiger partial charge in [0.1, 0.15) is 0 Å². The first-order valence-corrected chi connectivity index (χ1v) is 8.46. The number of sulfonamides is 1. The molecule has 6 nitrogen and oxygen atoms in total. The predicted octanol–water partition coefficient (Wildman–Crippen LogP) is 0.257. The number of nitrogens with zero attached hydrogens (tertiary/aromatic N) is 2. The quantitative estimate of drug-likeness (QED) is 0.868. The minimum Gasteiger partial charge on any atom is -0.340 e. The highest BCUT2D eigenvalue weighted by atomic mass is 32.2. The molecule has 1 aromatic rings. The number of hydrogen-bond acceptors (Lipinski definition) is 4. The van der Waals surface area contributed by atoms with Gasteiger partial charge in [-0.15, -0.1) is 0 Å². The maximum Gasteiger partial charge on any atom is 0.243 e. The fourth-order valence-corrected chi connectivity index (χ4v) is 3.87. The molecule has 1 heterocycles. The van der Waals surface area contributed by atoms with Crippen LogP contribution in [0.15, 0.2) is 35.2 Å². The molecule has 1 amide bonds. The van der Waals surface area contributed by atoms with E-state index in [-0.39, 0.29) is 10.8 Å². The largest absolute Gasteiger partial charge is 0.340 e.